The summed E-state index contributed by atoms with van der Waals surface area (Å²) >= 11 is 3.32. The van der Waals surface area contributed by atoms with E-state index in [2.05, 4.69) is 20.9 Å². The van der Waals surface area contributed by atoms with Crippen LogP contribution in [0.4, 0.5) is 0 Å². The highest BCUT2D eigenvalue weighted by atomic mass is 79.9. The lowest BCUT2D eigenvalue weighted by molar-refractivity contribution is -0.137. The lowest BCUT2D eigenvalue weighted by atomic mass is 10.2. The van der Waals surface area contributed by atoms with Crippen LogP contribution in [0.3, 0.4) is 0 Å². The largest absolute Gasteiger partial charge is 0.463 e. The Morgan fingerprint density at radius 1 is 1.60 bits per heavy atom. The maximum absolute atomic E-state index is 11.0. The number of ether oxygens (including phenoxy) is 1. The number of rotatable bonds is 3. The van der Waals surface area contributed by atoms with Gasteiger partial charge in [0.05, 0.1) is 12.3 Å². The molecule has 0 aliphatic heterocycles. The van der Waals surface area contributed by atoms with E-state index in [1.165, 1.54) is 6.08 Å². The smallest absolute Gasteiger partial charge is 0.330 e. The molecule has 1 heterocycles. The van der Waals surface area contributed by atoms with Gasteiger partial charge in [-0.2, -0.15) is 0 Å². The zero-order valence-corrected chi connectivity index (χ0v) is 10.2. The van der Waals surface area contributed by atoms with Gasteiger partial charge in [-0.3, -0.25) is 0 Å². The van der Waals surface area contributed by atoms with Crippen molar-refractivity contribution >= 4 is 28.0 Å². The van der Waals surface area contributed by atoms with Gasteiger partial charge in [0.1, 0.15) is 4.60 Å². The molecule has 0 fully saturated rings. The number of aryl methyl sites for hydroxylation is 1. The molecule has 1 aromatic rings. The number of hydrogen-bond acceptors (Lipinski definition) is 3. The quantitative estimate of drug-likeness (QED) is 0.481. The van der Waals surface area contributed by atoms with Gasteiger partial charge in [0, 0.05) is 6.08 Å². The molecule has 0 saturated heterocycles. The first-order chi connectivity index (χ1) is 7.13. The molecule has 0 bridgehead atoms. The predicted octanol–water partition coefficient (Wildman–Crippen LogP) is 2.73. The fourth-order valence-electron chi connectivity index (χ4n) is 0.955. The minimum Gasteiger partial charge on any atom is -0.463 e. The monoisotopic (exact) mass is 269 g/mol. The summed E-state index contributed by atoms with van der Waals surface area (Å²) in [6, 6.07) is 3.78. The number of nitrogens with zero attached hydrogens (tertiary/aromatic N) is 1. The van der Waals surface area contributed by atoms with Crippen molar-refractivity contribution < 1.29 is 9.53 Å². The normalized spacial score (nSPS) is 10.6. The van der Waals surface area contributed by atoms with Crippen molar-refractivity contribution in [3.8, 4) is 0 Å². The van der Waals surface area contributed by atoms with Crippen LogP contribution in [0.5, 0.6) is 0 Å². The number of halogens is 1. The molecule has 0 spiro atoms. The minimum absolute atomic E-state index is 0.351. The molecule has 1 aromatic heterocycles. The Hall–Kier alpha value is -1.16. The van der Waals surface area contributed by atoms with Crippen LogP contribution in [0.25, 0.3) is 6.08 Å². The summed E-state index contributed by atoms with van der Waals surface area (Å²) in [5.74, 6) is -0.351. The molecule has 4 heteroatoms. The van der Waals surface area contributed by atoms with E-state index in [1.807, 2.05) is 19.1 Å². The summed E-state index contributed by atoms with van der Waals surface area (Å²) < 4.78 is 5.54. The zero-order chi connectivity index (χ0) is 11.3. The van der Waals surface area contributed by atoms with Crippen molar-refractivity contribution in [3.63, 3.8) is 0 Å². The first-order valence-corrected chi connectivity index (χ1v) is 5.40. The molecular weight excluding hydrogens is 258 g/mol. The molecular formula is C11H12BrNO2. The third-order valence-electron chi connectivity index (χ3n) is 1.73. The maximum atomic E-state index is 11.0. The van der Waals surface area contributed by atoms with Crippen molar-refractivity contribution in [3.05, 3.63) is 34.1 Å². The van der Waals surface area contributed by atoms with Crippen LogP contribution >= 0.6 is 15.9 Å². The highest BCUT2D eigenvalue weighted by Gasteiger charge is 1.98. The Morgan fingerprint density at radius 3 is 2.93 bits per heavy atom. The Labute approximate surface area is 97.3 Å². The summed E-state index contributed by atoms with van der Waals surface area (Å²) in [5, 5.41) is 0. The van der Waals surface area contributed by atoms with Crippen molar-refractivity contribution in [1.29, 1.82) is 0 Å². The van der Waals surface area contributed by atoms with Gasteiger partial charge in [-0.05, 0) is 47.5 Å². The molecule has 0 atom stereocenters. The molecule has 0 radical (unpaired) electrons. The van der Waals surface area contributed by atoms with Crippen LogP contribution < -0.4 is 0 Å². The van der Waals surface area contributed by atoms with E-state index in [1.54, 1.807) is 13.0 Å². The highest BCUT2D eigenvalue weighted by molar-refractivity contribution is 9.10. The molecule has 0 aliphatic rings. The first kappa shape index (κ1) is 11.9. The van der Waals surface area contributed by atoms with Crippen LogP contribution in [0.15, 0.2) is 22.8 Å². The lowest BCUT2D eigenvalue weighted by Crippen LogP contribution is -1.98. The van der Waals surface area contributed by atoms with E-state index in [4.69, 9.17) is 4.74 Å². The van der Waals surface area contributed by atoms with E-state index in [-0.39, 0.29) is 5.97 Å². The second kappa shape index (κ2) is 5.66. The molecule has 0 N–H and O–H groups in total. The summed E-state index contributed by atoms with van der Waals surface area (Å²) in [7, 11) is 0. The third kappa shape index (κ3) is 3.83. The second-order valence-electron chi connectivity index (χ2n) is 2.93. The fourth-order valence-corrected chi connectivity index (χ4v) is 1.29. The van der Waals surface area contributed by atoms with E-state index >= 15 is 0 Å². The van der Waals surface area contributed by atoms with Crippen LogP contribution in [-0.4, -0.2) is 17.6 Å². The van der Waals surface area contributed by atoms with E-state index < -0.39 is 0 Å². The molecule has 80 valence electrons. The SMILES string of the molecule is CCOC(=O)/C=C/c1ccc(C)c(Br)n1. The number of carbonyl (C=O) groups excluding carboxylic acids is 1. The number of aromatic nitrogens is 1. The second-order valence-corrected chi connectivity index (χ2v) is 3.68. The molecule has 0 aliphatic carbocycles. The molecule has 1 rings (SSSR count). The Kier molecular flexibility index (Phi) is 4.49. The van der Waals surface area contributed by atoms with Crippen LogP contribution in [-0.2, 0) is 9.53 Å². The van der Waals surface area contributed by atoms with E-state index in [0.29, 0.717) is 6.61 Å². The third-order valence-corrected chi connectivity index (χ3v) is 2.54. The standard InChI is InChI=1S/C11H12BrNO2/c1-3-15-10(14)7-6-9-5-4-8(2)11(12)13-9/h4-7H,3H2,1-2H3/b7-6+. The number of carbonyl (C=O) groups is 1. The molecule has 0 amide bonds. The molecule has 0 aromatic carbocycles. The zero-order valence-electron chi connectivity index (χ0n) is 8.66. The minimum atomic E-state index is -0.351. The van der Waals surface area contributed by atoms with Gasteiger partial charge in [-0.25, -0.2) is 9.78 Å². The topological polar surface area (TPSA) is 39.2 Å². The molecule has 0 unspecified atom stereocenters. The predicted molar refractivity (Wildman–Crippen MR) is 62.3 cm³/mol. The fraction of sp³-hybridized carbons (Fsp3) is 0.273. The summed E-state index contributed by atoms with van der Waals surface area (Å²) in [5.41, 5.74) is 1.78. The first-order valence-electron chi connectivity index (χ1n) is 4.61. The number of esters is 1. The van der Waals surface area contributed by atoms with Crippen LogP contribution in [0.1, 0.15) is 18.2 Å². The summed E-state index contributed by atoms with van der Waals surface area (Å²) in [6.07, 6.45) is 3.00. The Balaban J connectivity index is 2.72. The number of pyridine rings is 1. The van der Waals surface area contributed by atoms with Gasteiger partial charge in [0.2, 0.25) is 0 Å². The van der Waals surface area contributed by atoms with Gasteiger partial charge >= 0.3 is 5.97 Å². The van der Waals surface area contributed by atoms with Crippen molar-refractivity contribution in [2.45, 2.75) is 13.8 Å². The number of hydrogen-bond donors (Lipinski definition) is 0. The van der Waals surface area contributed by atoms with Crippen molar-refractivity contribution in [2.24, 2.45) is 0 Å². The molecule has 15 heavy (non-hydrogen) atoms. The van der Waals surface area contributed by atoms with Gasteiger partial charge < -0.3 is 4.74 Å². The van der Waals surface area contributed by atoms with Gasteiger partial charge in [0.25, 0.3) is 0 Å². The van der Waals surface area contributed by atoms with Crippen molar-refractivity contribution in [1.82, 2.24) is 4.98 Å². The molecule has 3 nitrogen and oxygen atoms in total. The molecule has 0 saturated carbocycles. The average molecular weight is 270 g/mol. The van der Waals surface area contributed by atoms with Crippen LogP contribution in [0.2, 0.25) is 0 Å². The summed E-state index contributed by atoms with van der Waals surface area (Å²) in [6.45, 7) is 4.11. The van der Waals surface area contributed by atoms with Gasteiger partial charge in [-0.15, -0.1) is 0 Å². The van der Waals surface area contributed by atoms with Gasteiger partial charge in [-0.1, -0.05) is 6.07 Å². The Bertz CT molecular complexity index is 388. The average Bonchev–Trinajstić information content (AvgIpc) is 2.20. The lowest BCUT2D eigenvalue weighted by Gasteiger charge is -1.98. The van der Waals surface area contributed by atoms with Gasteiger partial charge in [0.15, 0.2) is 0 Å². The highest BCUT2D eigenvalue weighted by Crippen LogP contribution is 2.13. The van der Waals surface area contributed by atoms with E-state index in [9.17, 15) is 4.79 Å². The van der Waals surface area contributed by atoms with Crippen LogP contribution in [0, 0.1) is 6.92 Å². The maximum Gasteiger partial charge on any atom is 0.330 e. The Morgan fingerprint density at radius 2 is 2.33 bits per heavy atom. The van der Waals surface area contributed by atoms with Crippen molar-refractivity contribution in [2.75, 3.05) is 6.61 Å². The summed E-state index contributed by atoms with van der Waals surface area (Å²) in [4.78, 5) is 15.2. The van der Waals surface area contributed by atoms with E-state index in [0.717, 1.165) is 15.9 Å².